The molecule has 0 saturated carbocycles. The van der Waals surface area contributed by atoms with E-state index in [-0.39, 0.29) is 17.4 Å². The van der Waals surface area contributed by atoms with Crippen molar-refractivity contribution in [2.75, 3.05) is 0 Å². The molecule has 0 spiro atoms. The van der Waals surface area contributed by atoms with Crippen LogP contribution in [0.15, 0.2) is 90.9 Å². The zero-order valence-electron chi connectivity index (χ0n) is 16.0. The molecule has 2 rings (SSSR count). The van der Waals surface area contributed by atoms with Crippen LogP contribution in [0.1, 0.15) is 43.0 Å². The molecule has 1 heterocycles. The summed E-state index contributed by atoms with van der Waals surface area (Å²) >= 11 is 0. The number of aliphatic hydroxyl groups excluding tert-OH is 1. The topological polar surface area (TPSA) is 53.4 Å². The molecule has 0 radical (unpaired) electrons. The van der Waals surface area contributed by atoms with Gasteiger partial charge >= 0.3 is 0 Å². The summed E-state index contributed by atoms with van der Waals surface area (Å²) in [7, 11) is 0. The third-order valence-electron chi connectivity index (χ3n) is 4.47. The van der Waals surface area contributed by atoms with Gasteiger partial charge in [0.1, 0.15) is 5.75 Å². The van der Waals surface area contributed by atoms with Crippen molar-refractivity contribution in [3.05, 3.63) is 108 Å². The Morgan fingerprint density at radius 1 is 1.15 bits per heavy atom. The van der Waals surface area contributed by atoms with Crippen molar-refractivity contribution in [3.8, 4) is 5.75 Å². The standard InChI is InChI=1S/C24H27NO2/c1-5-9-19(18(4)26)15-17(3)24(22-11-7-8-14-25-22)21-12-13-23(27)20(16-21)10-6-2/h5-8,11-16,24,26-27H,1-2,9-10H2,3-4H3/b17-15+,19-18+. The van der Waals surface area contributed by atoms with Crippen molar-refractivity contribution in [3.63, 3.8) is 0 Å². The van der Waals surface area contributed by atoms with E-state index in [9.17, 15) is 10.2 Å². The Hall–Kier alpha value is -3.07. The molecule has 0 aliphatic heterocycles. The Morgan fingerprint density at radius 2 is 1.93 bits per heavy atom. The number of aromatic nitrogens is 1. The van der Waals surface area contributed by atoms with Crippen LogP contribution in [0.2, 0.25) is 0 Å². The van der Waals surface area contributed by atoms with E-state index in [4.69, 9.17) is 0 Å². The molecule has 140 valence electrons. The Balaban J connectivity index is 2.60. The van der Waals surface area contributed by atoms with Gasteiger partial charge in [-0.25, -0.2) is 0 Å². The quantitative estimate of drug-likeness (QED) is 0.344. The Labute approximate surface area is 161 Å². The minimum atomic E-state index is -0.0884. The van der Waals surface area contributed by atoms with E-state index in [0.29, 0.717) is 12.8 Å². The van der Waals surface area contributed by atoms with E-state index in [2.05, 4.69) is 18.1 Å². The highest BCUT2D eigenvalue weighted by molar-refractivity contribution is 5.46. The molecule has 1 aromatic carbocycles. The minimum Gasteiger partial charge on any atom is -0.512 e. The number of phenolic OH excluding ortho intramolecular Hbond substituents is 1. The lowest BCUT2D eigenvalue weighted by molar-refractivity contribution is 0.408. The number of nitrogens with zero attached hydrogens (tertiary/aromatic N) is 1. The first-order chi connectivity index (χ1) is 13.0. The number of hydrogen-bond donors (Lipinski definition) is 2. The largest absolute Gasteiger partial charge is 0.512 e. The summed E-state index contributed by atoms with van der Waals surface area (Å²) in [6.07, 6.45) is 8.50. The summed E-state index contributed by atoms with van der Waals surface area (Å²) < 4.78 is 0. The predicted molar refractivity (Wildman–Crippen MR) is 112 cm³/mol. The fraction of sp³-hybridized carbons (Fsp3) is 0.208. The van der Waals surface area contributed by atoms with Crippen LogP contribution >= 0.6 is 0 Å². The molecular formula is C24H27NO2. The fourth-order valence-corrected chi connectivity index (χ4v) is 3.14. The van der Waals surface area contributed by atoms with E-state index < -0.39 is 0 Å². The smallest absolute Gasteiger partial charge is 0.119 e. The van der Waals surface area contributed by atoms with Crippen molar-refractivity contribution >= 4 is 0 Å². The molecule has 2 N–H and O–H groups in total. The van der Waals surface area contributed by atoms with Gasteiger partial charge in [-0.15, -0.1) is 13.2 Å². The summed E-state index contributed by atoms with van der Waals surface area (Å²) in [4.78, 5) is 4.55. The van der Waals surface area contributed by atoms with Crippen LogP contribution in [-0.4, -0.2) is 15.2 Å². The van der Waals surface area contributed by atoms with Gasteiger partial charge in [-0.3, -0.25) is 4.98 Å². The number of allylic oxidation sites excluding steroid dienone is 6. The highest BCUT2D eigenvalue weighted by Crippen LogP contribution is 2.34. The molecule has 27 heavy (non-hydrogen) atoms. The van der Waals surface area contributed by atoms with E-state index >= 15 is 0 Å². The number of aromatic hydroxyl groups is 1. The zero-order valence-corrected chi connectivity index (χ0v) is 16.0. The average molecular weight is 361 g/mol. The lowest BCUT2D eigenvalue weighted by Gasteiger charge is -2.20. The van der Waals surface area contributed by atoms with Crippen LogP contribution in [0, 0.1) is 0 Å². The lowest BCUT2D eigenvalue weighted by atomic mass is 9.86. The fourth-order valence-electron chi connectivity index (χ4n) is 3.14. The van der Waals surface area contributed by atoms with Gasteiger partial charge in [0.25, 0.3) is 0 Å². The second kappa shape index (κ2) is 9.58. The van der Waals surface area contributed by atoms with Crippen molar-refractivity contribution in [2.45, 2.75) is 32.6 Å². The first kappa shape index (κ1) is 20.2. The summed E-state index contributed by atoms with van der Waals surface area (Å²) in [5.74, 6) is 0.458. The lowest BCUT2D eigenvalue weighted by Crippen LogP contribution is -2.06. The zero-order chi connectivity index (χ0) is 19.8. The second-order valence-electron chi connectivity index (χ2n) is 6.56. The Morgan fingerprint density at radius 3 is 2.52 bits per heavy atom. The summed E-state index contributed by atoms with van der Waals surface area (Å²) in [6.45, 7) is 11.2. The first-order valence-electron chi connectivity index (χ1n) is 8.99. The number of pyridine rings is 1. The number of phenols is 1. The van der Waals surface area contributed by atoms with E-state index in [0.717, 1.165) is 28.0 Å². The van der Waals surface area contributed by atoms with Crippen molar-refractivity contribution in [1.82, 2.24) is 4.98 Å². The minimum absolute atomic E-state index is 0.0884. The van der Waals surface area contributed by atoms with Gasteiger partial charge in [0, 0.05) is 12.1 Å². The molecule has 3 heteroatoms. The number of rotatable bonds is 8. The normalized spacial score (nSPS) is 13.6. The van der Waals surface area contributed by atoms with Crippen molar-refractivity contribution < 1.29 is 10.2 Å². The van der Waals surface area contributed by atoms with Crippen LogP contribution in [0.4, 0.5) is 0 Å². The summed E-state index contributed by atoms with van der Waals surface area (Å²) in [5, 5.41) is 20.1. The molecule has 1 atom stereocenters. The molecule has 0 aliphatic carbocycles. The molecule has 2 aromatic rings. The third-order valence-corrected chi connectivity index (χ3v) is 4.47. The molecule has 1 unspecified atom stereocenters. The van der Waals surface area contributed by atoms with Crippen molar-refractivity contribution in [2.24, 2.45) is 0 Å². The van der Waals surface area contributed by atoms with Gasteiger partial charge in [-0.05, 0) is 61.6 Å². The highest BCUT2D eigenvalue weighted by Gasteiger charge is 2.19. The van der Waals surface area contributed by atoms with Gasteiger partial charge < -0.3 is 10.2 Å². The van der Waals surface area contributed by atoms with Gasteiger partial charge in [0.15, 0.2) is 0 Å². The maximum atomic E-state index is 10.1. The Kier molecular flexibility index (Phi) is 7.18. The van der Waals surface area contributed by atoms with Crippen LogP contribution in [0.3, 0.4) is 0 Å². The molecule has 3 nitrogen and oxygen atoms in total. The molecule has 0 bridgehead atoms. The molecule has 0 aliphatic rings. The van der Waals surface area contributed by atoms with Crippen LogP contribution in [-0.2, 0) is 6.42 Å². The van der Waals surface area contributed by atoms with E-state index in [1.807, 2.05) is 43.3 Å². The first-order valence-corrected chi connectivity index (χ1v) is 8.99. The molecular weight excluding hydrogens is 334 g/mol. The van der Waals surface area contributed by atoms with Crippen LogP contribution in [0.5, 0.6) is 5.75 Å². The van der Waals surface area contributed by atoms with E-state index in [1.165, 1.54) is 0 Å². The SMILES string of the molecule is C=CCC(/C=C(\C)C(c1ccc(O)c(CC=C)c1)c1ccccn1)=C(/C)O. The molecule has 0 fully saturated rings. The summed E-state index contributed by atoms with van der Waals surface area (Å²) in [6, 6.07) is 11.5. The number of hydrogen-bond acceptors (Lipinski definition) is 3. The van der Waals surface area contributed by atoms with Gasteiger partial charge in [0.05, 0.1) is 11.5 Å². The molecule has 0 amide bonds. The van der Waals surface area contributed by atoms with E-state index in [1.54, 1.807) is 31.3 Å². The molecule has 0 saturated heterocycles. The Bertz CT molecular complexity index is 859. The predicted octanol–water partition coefficient (Wildman–Crippen LogP) is 6.00. The highest BCUT2D eigenvalue weighted by atomic mass is 16.3. The number of benzene rings is 1. The maximum absolute atomic E-state index is 10.1. The van der Waals surface area contributed by atoms with Gasteiger partial charge in [0.2, 0.25) is 0 Å². The molecule has 1 aromatic heterocycles. The van der Waals surface area contributed by atoms with Crippen LogP contribution in [0.25, 0.3) is 0 Å². The monoisotopic (exact) mass is 361 g/mol. The van der Waals surface area contributed by atoms with Gasteiger partial charge in [-0.1, -0.05) is 42.0 Å². The van der Waals surface area contributed by atoms with Gasteiger partial charge in [-0.2, -0.15) is 0 Å². The maximum Gasteiger partial charge on any atom is 0.119 e. The third kappa shape index (κ3) is 5.20. The average Bonchev–Trinajstić information content (AvgIpc) is 2.65. The van der Waals surface area contributed by atoms with Crippen LogP contribution < -0.4 is 0 Å². The second-order valence-corrected chi connectivity index (χ2v) is 6.56. The number of aliphatic hydroxyl groups is 1. The summed E-state index contributed by atoms with van der Waals surface area (Å²) in [5.41, 5.74) is 4.65. The van der Waals surface area contributed by atoms with Crippen molar-refractivity contribution in [1.29, 1.82) is 0 Å².